The number of fused-ring (bicyclic) bond motifs is 1. The van der Waals surface area contributed by atoms with Gasteiger partial charge in [0.1, 0.15) is 0 Å². The quantitative estimate of drug-likeness (QED) is 0.639. The molecular weight excluding hydrogens is 174 g/mol. The molecular formula is C12H23NO. The van der Waals surface area contributed by atoms with Crippen LogP contribution in [-0.2, 0) is 4.74 Å². The third-order valence-electron chi connectivity index (χ3n) is 4.34. The van der Waals surface area contributed by atoms with E-state index in [0.29, 0.717) is 17.6 Å². The van der Waals surface area contributed by atoms with Gasteiger partial charge in [-0.1, -0.05) is 13.3 Å². The SMILES string of the molecule is COC1CCCC2(C)CCCN(C)[C@@H]12. The molecule has 0 aromatic heterocycles. The molecule has 1 saturated heterocycles. The third kappa shape index (κ3) is 1.59. The molecule has 0 bridgehead atoms. The van der Waals surface area contributed by atoms with Gasteiger partial charge >= 0.3 is 0 Å². The van der Waals surface area contributed by atoms with Crippen LogP contribution in [0.4, 0.5) is 0 Å². The van der Waals surface area contributed by atoms with Crippen molar-refractivity contribution in [3.8, 4) is 0 Å². The normalized spacial score (nSPS) is 44.8. The molecule has 0 radical (unpaired) electrons. The van der Waals surface area contributed by atoms with E-state index in [0.717, 1.165) is 0 Å². The lowest BCUT2D eigenvalue weighted by molar-refractivity contribution is -0.0884. The number of likely N-dealkylation sites (tertiary alicyclic amines) is 1. The number of piperidine rings is 1. The topological polar surface area (TPSA) is 12.5 Å². The van der Waals surface area contributed by atoms with Gasteiger partial charge in [-0.3, -0.25) is 0 Å². The summed E-state index contributed by atoms with van der Waals surface area (Å²) < 4.78 is 5.65. The van der Waals surface area contributed by atoms with Gasteiger partial charge in [0.15, 0.2) is 0 Å². The maximum absolute atomic E-state index is 5.65. The second kappa shape index (κ2) is 3.82. The number of ether oxygens (including phenoxy) is 1. The van der Waals surface area contributed by atoms with E-state index < -0.39 is 0 Å². The standard InChI is InChI=1S/C12H23NO/c1-12-7-4-6-10(14-3)11(12)13(2)9-5-8-12/h10-11H,4-9H2,1-3H3/t10?,11-,12?/m0/s1. The van der Waals surface area contributed by atoms with Gasteiger partial charge in [0, 0.05) is 13.2 Å². The number of methoxy groups -OCH3 is 1. The Hall–Kier alpha value is -0.0800. The van der Waals surface area contributed by atoms with Crippen LogP contribution in [0.1, 0.15) is 39.0 Å². The molecule has 3 atom stereocenters. The zero-order chi connectivity index (χ0) is 10.2. The number of hydrogen-bond donors (Lipinski definition) is 0. The van der Waals surface area contributed by atoms with Crippen LogP contribution >= 0.6 is 0 Å². The van der Waals surface area contributed by atoms with Crippen molar-refractivity contribution >= 4 is 0 Å². The highest BCUT2D eigenvalue weighted by molar-refractivity contribution is 4.99. The average Bonchev–Trinajstić information content (AvgIpc) is 2.16. The first-order valence-electron chi connectivity index (χ1n) is 5.90. The van der Waals surface area contributed by atoms with Crippen molar-refractivity contribution in [2.24, 2.45) is 5.41 Å². The molecule has 0 N–H and O–H groups in total. The molecule has 0 aromatic carbocycles. The minimum atomic E-state index is 0.471. The Morgan fingerprint density at radius 1 is 1.29 bits per heavy atom. The summed E-state index contributed by atoms with van der Waals surface area (Å²) in [7, 11) is 4.14. The van der Waals surface area contributed by atoms with Crippen LogP contribution in [0.3, 0.4) is 0 Å². The summed E-state index contributed by atoms with van der Waals surface area (Å²) in [6, 6.07) is 0.662. The van der Waals surface area contributed by atoms with E-state index >= 15 is 0 Å². The first-order chi connectivity index (χ1) is 6.67. The van der Waals surface area contributed by atoms with E-state index in [1.165, 1.54) is 38.6 Å². The van der Waals surface area contributed by atoms with Gasteiger partial charge in [0.05, 0.1) is 6.10 Å². The van der Waals surface area contributed by atoms with E-state index in [9.17, 15) is 0 Å². The van der Waals surface area contributed by atoms with Crippen molar-refractivity contribution < 1.29 is 4.74 Å². The van der Waals surface area contributed by atoms with Crippen molar-refractivity contribution in [3.05, 3.63) is 0 Å². The van der Waals surface area contributed by atoms with Gasteiger partial charge in [-0.15, -0.1) is 0 Å². The van der Waals surface area contributed by atoms with E-state index in [1.807, 2.05) is 7.11 Å². The molecule has 2 unspecified atom stereocenters. The van der Waals surface area contributed by atoms with Gasteiger partial charge in [0.25, 0.3) is 0 Å². The van der Waals surface area contributed by atoms with Crippen molar-refractivity contribution in [1.82, 2.24) is 4.90 Å². The minimum Gasteiger partial charge on any atom is -0.380 e. The lowest BCUT2D eigenvalue weighted by Crippen LogP contribution is -2.57. The fraction of sp³-hybridized carbons (Fsp3) is 1.00. The highest BCUT2D eigenvalue weighted by Gasteiger charge is 2.46. The van der Waals surface area contributed by atoms with Gasteiger partial charge in [-0.05, 0) is 44.7 Å². The van der Waals surface area contributed by atoms with Crippen molar-refractivity contribution in [2.75, 3.05) is 20.7 Å². The molecule has 2 heteroatoms. The van der Waals surface area contributed by atoms with E-state index in [1.54, 1.807) is 0 Å². The summed E-state index contributed by atoms with van der Waals surface area (Å²) in [5, 5.41) is 0. The van der Waals surface area contributed by atoms with Crippen LogP contribution in [0.15, 0.2) is 0 Å². The summed E-state index contributed by atoms with van der Waals surface area (Å²) in [4.78, 5) is 2.52. The second-order valence-corrected chi connectivity index (χ2v) is 5.35. The van der Waals surface area contributed by atoms with Crippen LogP contribution in [0.5, 0.6) is 0 Å². The molecule has 2 nitrogen and oxygen atoms in total. The molecule has 2 fully saturated rings. The van der Waals surface area contributed by atoms with Crippen molar-refractivity contribution in [3.63, 3.8) is 0 Å². The predicted molar refractivity (Wildman–Crippen MR) is 58.4 cm³/mol. The van der Waals surface area contributed by atoms with Gasteiger partial charge in [-0.2, -0.15) is 0 Å². The fourth-order valence-electron chi connectivity index (χ4n) is 3.67. The monoisotopic (exact) mass is 197 g/mol. The summed E-state index contributed by atoms with van der Waals surface area (Å²) >= 11 is 0. The molecule has 1 aliphatic carbocycles. The van der Waals surface area contributed by atoms with E-state index in [-0.39, 0.29) is 0 Å². The van der Waals surface area contributed by atoms with Crippen molar-refractivity contribution in [1.29, 1.82) is 0 Å². The Balaban J connectivity index is 2.19. The third-order valence-corrected chi connectivity index (χ3v) is 4.34. The average molecular weight is 197 g/mol. The molecule has 1 aliphatic heterocycles. The van der Waals surface area contributed by atoms with Gasteiger partial charge in [0.2, 0.25) is 0 Å². The second-order valence-electron chi connectivity index (χ2n) is 5.35. The van der Waals surface area contributed by atoms with Crippen LogP contribution in [-0.4, -0.2) is 37.7 Å². The maximum atomic E-state index is 5.65. The van der Waals surface area contributed by atoms with E-state index in [2.05, 4.69) is 18.9 Å². The maximum Gasteiger partial charge on any atom is 0.0731 e. The minimum absolute atomic E-state index is 0.471. The lowest BCUT2D eigenvalue weighted by atomic mass is 9.65. The van der Waals surface area contributed by atoms with Crippen LogP contribution < -0.4 is 0 Å². The zero-order valence-electron chi connectivity index (χ0n) is 9.75. The molecule has 2 aliphatic rings. The molecule has 0 spiro atoms. The van der Waals surface area contributed by atoms with Crippen LogP contribution in [0.2, 0.25) is 0 Å². The number of rotatable bonds is 1. The molecule has 1 saturated carbocycles. The Labute approximate surface area is 87.6 Å². The Kier molecular flexibility index (Phi) is 2.85. The highest BCUT2D eigenvalue weighted by Crippen LogP contribution is 2.45. The van der Waals surface area contributed by atoms with Gasteiger partial charge < -0.3 is 9.64 Å². The Morgan fingerprint density at radius 2 is 2.00 bits per heavy atom. The van der Waals surface area contributed by atoms with Crippen LogP contribution in [0.25, 0.3) is 0 Å². The summed E-state index contributed by atoms with van der Waals surface area (Å²) in [6.07, 6.45) is 7.21. The number of likely N-dealkylation sites (N-methyl/N-ethyl adjacent to an activating group) is 1. The highest BCUT2D eigenvalue weighted by atomic mass is 16.5. The zero-order valence-corrected chi connectivity index (χ0v) is 9.75. The van der Waals surface area contributed by atoms with Crippen LogP contribution in [0, 0.1) is 5.41 Å². The smallest absolute Gasteiger partial charge is 0.0731 e. The summed E-state index contributed by atoms with van der Waals surface area (Å²) in [5.74, 6) is 0. The first-order valence-corrected chi connectivity index (χ1v) is 5.90. The summed E-state index contributed by atoms with van der Waals surface area (Å²) in [5.41, 5.74) is 0.520. The Bertz CT molecular complexity index is 202. The van der Waals surface area contributed by atoms with Gasteiger partial charge in [-0.25, -0.2) is 0 Å². The lowest BCUT2D eigenvalue weighted by Gasteiger charge is -2.53. The Morgan fingerprint density at radius 3 is 2.71 bits per heavy atom. The fourth-order valence-corrected chi connectivity index (χ4v) is 3.67. The predicted octanol–water partition coefficient (Wildman–Crippen LogP) is 2.29. The number of nitrogens with zero attached hydrogens (tertiary/aromatic N) is 1. The molecule has 82 valence electrons. The largest absolute Gasteiger partial charge is 0.380 e. The molecule has 2 rings (SSSR count). The molecule has 14 heavy (non-hydrogen) atoms. The van der Waals surface area contributed by atoms with Crippen molar-refractivity contribution in [2.45, 2.75) is 51.2 Å². The van der Waals surface area contributed by atoms with E-state index in [4.69, 9.17) is 4.74 Å². The molecule has 0 aromatic rings. The first kappa shape index (κ1) is 10.4. The number of hydrogen-bond acceptors (Lipinski definition) is 2. The molecule has 0 amide bonds. The molecule has 1 heterocycles. The summed E-state index contributed by atoms with van der Waals surface area (Å²) in [6.45, 7) is 3.71.